The highest BCUT2D eigenvalue weighted by atomic mass is 32.2. The minimum absolute atomic E-state index is 0.116. The first-order valence-corrected chi connectivity index (χ1v) is 9.93. The largest absolute Gasteiger partial charge is 0.455 e. The Balaban J connectivity index is 1.63. The lowest BCUT2D eigenvalue weighted by Crippen LogP contribution is -2.38. The predicted octanol–water partition coefficient (Wildman–Crippen LogP) is 1.75. The molecule has 1 N–H and O–H groups in total. The second kappa shape index (κ2) is 9.63. The lowest BCUT2D eigenvalue weighted by molar-refractivity contribution is -0.145. The number of aryl methyl sites for hydroxylation is 2. The van der Waals surface area contributed by atoms with Crippen molar-refractivity contribution in [1.82, 2.24) is 10.2 Å². The number of rotatable bonds is 8. The summed E-state index contributed by atoms with van der Waals surface area (Å²) in [7, 11) is 0. The summed E-state index contributed by atoms with van der Waals surface area (Å²) in [6.45, 7) is 3.84. The first-order valence-electron chi connectivity index (χ1n) is 7.96. The molecule has 0 atom stereocenters. The molecule has 9 heteroatoms. The van der Waals surface area contributed by atoms with Crippen molar-refractivity contribution in [2.45, 2.75) is 18.7 Å². The molecule has 0 aliphatic carbocycles. The number of benzene rings is 1. The van der Waals surface area contributed by atoms with Gasteiger partial charge >= 0.3 is 5.97 Å². The Kier molecular flexibility index (Phi) is 7.52. The highest BCUT2D eigenvalue weighted by Crippen LogP contribution is 2.23. The molecular weight excluding hydrogens is 376 g/mol. The average molecular weight is 396 g/mol. The van der Waals surface area contributed by atoms with Crippen LogP contribution in [0.2, 0.25) is 0 Å². The SMILES string of the molecule is Cc1ccc(SCC(=O)OCC(=O)NCCN2C(=O)CSC2=O)c(C)c1. The minimum Gasteiger partial charge on any atom is -0.455 e. The molecule has 1 aromatic carbocycles. The van der Waals surface area contributed by atoms with Crippen molar-refractivity contribution < 1.29 is 23.9 Å². The fourth-order valence-electron chi connectivity index (χ4n) is 2.24. The molecule has 1 heterocycles. The number of hydrogen-bond donors (Lipinski definition) is 1. The maximum atomic E-state index is 11.7. The molecule has 1 saturated heterocycles. The second-order valence-corrected chi connectivity index (χ2v) is 7.61. The number of amides is 3. The van der Waals surface area contributed by atoms with Gasteiger partial charge in [0.1, 0.15) is 0 Å². The summed E-state index contributed by atoms with van der Waals surface area (Å²) in [5.74, 6) is -0.953. The van der Waals surface area contributed by atoms with E-state index in [1.165, 1.54) is 11.8 Å². The van der Waals surface area contributed by atoms with Gasteiger partial charge < -0.3 is 10.1 Å². The minimum atomic E-state index is -0.480. The van der Waals surface area contributed by atoms with Crippen LogP contribution in [0.4, 0.5) is 4.79 Å². The van der Waals surface area contributed by atoms with E-state index in [1.807, 2.05) is 32.0 Å². The van der Waals surface area contributed by atoms with Crippen LogP contribution in [-0.4, -0.2) is 59.1 Å². The maximum absolute atomic E-state index is 11.7. The molecule has 0 saturated carbocycles. The first kappa shape index (κ1) is 20.3. The smallest absolute Gasteiger partial charge is 0.316 e. The van der Waals surface area contributed by atoms with Gasteiger partial charge in [0.05, 0.1) is 11.5 Å². The van der Waals surface area contributed by atoms with Crippen LogP contribution < -0.4 is 5.32 Å². The zero-order valence-electron chi connectivity index (χ0n) is 14.6. The van der Waals surface area contributed by atoms with Gasteiger partial charge in [-0.05, 0) is 25.5 Å². The van der Waals surface area contributed by atoms with Crippen molar-refractivity contribution >= 4 is 46.5 Å². The number of thioether (sulfide) groups is 2. The molecule has 0 spiro atoms. The highest BCUT2D eigenvalue weighted by molar-refractivity contribution is 8.14. The van der Waals surface area contributed by atoms with Gasteiger partial charge in [-0.25, -0.2) is 0 Å². The van der Waals surface area contributed by atoms with Crippen molar-refractivity contribution in [3.8, 4) is 0 Å². The fourth-order valence-corrected chi connectivity index (χ4v) is 3.80. The molecule has 1 aliphatic rings. The molecule has 1 fully saturated rings. The number of esters is 1. The van der Waals surface area contributed by atoms with Crippen molar-refractivity contribution in [2.75, 3.05) is 31.2 Å². The number of imide groups is 1. The molecule has 0 radical (unpaired) electrons. The number of ether oxygens (including phenoxy) is 1. The van der Waals surface area contributed by atoms with Crippen LogP contribution in [-0.2, 0) is 19.1 Å². The number of hydrogen-bond acceptors (Lipinski definition) is 7. The van der Waals surface area contributed by atoms with Gasteiger partial charge in [0, 0.05) is 18.0 Å². The molecule has 1 aromatic rings. The summed E-state index contributed by atoms with van der Waals surface area (Å²) in [6, 6.07) is 5.96. The first-order chi connectivity index (χ1) is 12.4. The Morgan fingerprint density at radius 1 is 1.31 bits per heavy atom. The molecule has 0 aromatic heterocycles. The summed E-state index contributed by atoms with van der Waals surface area (Å²) in [5.41, 5.74) is 2.24. The monoisotopic (exact) mass is 396 g/mol. The van der Waals surface area contributed by atoms with Crippen molar-refractivity contribution in [2.24, 2.45) is 0 Å². The van der Waals surface area contributed by atoms with E-state index < -0.39 is 11.9 Å². The summed E-state index contributed by atoms with van der Waals surface area (Å²) >= 11 is 2.31. The van der Waals surface area contributed by atoms with Crippen LogP contribution in [0.15, 0.2) is 23.1 Å². The zero-order valence-corrected chi connectivity index (χ0v) is 16.2. The topological polar surface area (TPSA) is 92.8 Å². The third kappa shape index (κ3) is 6.06. The fraction of sp³-hybridized carbons (Fsp3) is 0.412. The van der Waals surface area contributed by atoms with Crippen molar-refractivity contribution in [1.29, 1.82) is 0 Å². The molecule has 7 nitrogen and oxygen atoms in total. The van der Waals surface area contributed by atoms with Crippen LogP contribution >= 0.6 is 23.5 Å². The third-order valence-corrected chi connectivity index (χ3v) is 5.55. The standard InChI is InChI=1S/C17H20N2O5S2/c1-11-3-4-13(12(2)7-11)25-10-16(22)24-8-14(20)18-5-6-19-15(21)9-26-17(19)23/h3-4,7H,5-6,8-10H2,1-2H3,(H,18,20). The molecule has 3 amide bonds. The van der Waals surface area contributed by atoms with Gasteiger partial charge in [-0.3, -0.25) is 24.1 Å². The van der Waals surface area contributed by atoms with Gasteiger partial charge in [0.25, 0.3) is 11.1 Å². The van der Waals surface area contributed by atoms with Crippen LogP contribution in [0, 0.1) is 13.8 Å². The van der Waals surface area contributed by atoms with Gasteiger partial charge in [-0.1, -0.05) is 29.5 Å². The number of carbonyl (C=O) groups is 4. The van der Waals surface area contributed by atoms with Gasteiger partial charge in [-0.15, -0.1) is 11.8 Å². The highest BCUT2D eigenvalue weighted by Gasteiger charge is 2.29. The van der Waals surface area contributed by atoms with Gasteiger partial charge in [0.2, 0.25) is 5.91 Å². The Bertz CT molecular complexity index is 707. The second-order valence-electron chi connectivity index (χ2n) is 5.67. The van der Waals surface area contributed by atoms with E-state index in [1.54, 1.807) is 0 Å². The Hall–Kier alpha value is -2.00. The molecule has 26 heavy (non-hydrogen) atoms. The Morgan fingerprint density at radius 3 is 2.73 bits per heavy atom. The average Bonchev–Trinajstić information content (AvgIpc) is 2.91. The molecular formula is C17H20N2O5S2. The van der Waals surface area contributed by atoms with Crippen molar-refractivity contribution in [3.05, 3.63) is 29.3 Å². The van der Waals surface area contributed by atoms with Crippen LogP contribution in [0.3, 0.4) is 0 Å². The van der Waals surface area contributed by atoms with Crippen molar-refractivity contribution in [3.63, 3.8) is 0 Å². The molecule has 0 unspecified atom stereocenters. The quantitative estimate of drug-likeness (QED) is 0.529. The third-order valence-electron chi connectivity index (χ3n) is 3.54. The van der Waals surface area contributed by atoms with Crippen LogP contribution in [0.1, 0.15) is 11.1 Å². The number of nitrogens with one attached hydrogen (secondary N) is 1. The van der Waals surface area contributed by atoms with Crippen LogP contribution in [0.25, 0.3) is 0 Å². The summed E-state index contributed by atoms with van der Waals surface area (Å²) < 4.78 is 4.93. The van der Waals surface area contributed by atoms with Gasteiger partial charge in [-0.2, -0.15) is 0 Å². The Labute approximate surface area is 160 Å². The lowest BCUT2D eigenvalue weighted by atomic mass is 10.2. The summed E-state index contributed by atoms with van der Waals surface area (Å²) in [5, 5.41) is 2.21. The van der Waals surface area contributed by atoms with E-state index >= 15 is 0 Å². The molecule has 140 valence electrons. The lowest BCUT2D eigenvalue weighted by Gasteiger charge is -2.13. The van der Waals surface area contributed by atoms with E-state index in [-0.39, 0.29) is 42.3 Å². The molecule has 2 rings (SSSR count). The number of carbonyl (C=O) groups excluding carboxylic acids is 4. The summed E-state index contributed by atoms with van der Waals surface area (Å²) in [6.07, 6.45) is 0. The summed E-state index contributed by atoms with van der Waals surface area (Å²) in [4.78, 5) is 48.3. The van der Waals surface area contributed by atoms with E-state index in [2.05, 4.69) is 5.32 Å². The molecule has 0 bridgehead atoms. The normalized spacial score (nSPS) is 13.8. The molecule has 1 aliphatic heterocycles. The van der Waals surface area contributed by atoms with Gasteiger partial charge in [0.15, 0.2) is 6.61 Å². The predicted molar refractivity (Wildman–Crippen MR) is 100 cm³/mol. The maximum Gasteiger partial charge on any atom is 0.316 e. The van der Waals surface area contributed by atoms with E-state index in [0.29, 0.717) is 0 Å². The number of nitrogens with zero attached hydrogens (tertiary/aromatic N) is 1. The van der Waals surface area contributed by atoms with Crippen LogP contribution in [0.5, 0.6) is 0 Å². The van der Waals surface area contributed by atoms with E-state index in [4.69, 9.17) is 4.74 Å². The van der Waals surface area contributed by atoms with E-state index in [0.717, 1.165) is 32.7 Å². The zero-order chi connectivity index (χ0) is 19.1. The Morgan fingerprint density at radius 2 is 2.08 bits per heavy atom. The van der Waals surface area contributed by atoms with E-state index in [9.17, 15) is 19.2 Å².